The predicted octanol–water partition coefficient (Wildman–Crippen LogP) is 3.88. The monoisotopic (exact) mass is 277 g/mol. The summed E-state index contributed by atoms with van der Waals surface area (Å²) in [6.45, 7) is 3.08. The molecule has 0 saturated carbocycles. The van der Waals surface area contributed by atoms with Gasteiger partial charge in [0.25, 0.3) is 0 Å². The summed E-state index contributed by atoms with van der Waals surface area (Å²) in [4.78, 5) is 0. The zero-order valence-corrected chi connectivity index (χ0v) is 12.3. The van der Waals surface area contributed by atoms with Gasteiger partial charge in [-0.1, -0.05) is 50.9 Å². The molecule has 0 aliphatic carbocycles. The molecule has 1 aromatic rings. The van der Waals surface area contributed by atoms with Crippen molar-refractivity contribution in [2.45, 2.75) is 45.4 Å². The Labute approximate surface area is 121 Å². The Morgan fingerprint density at radius 2 is 1.90 bits per heavy atom. The van der Waals surface area contributed by atoms with Crippen LogP contribution >= 0.6 is 0 Å². The summed E-state index contributed by atoms with van der Waals surface area (Å²) in [5.74, 6) is 5.54. The molecule has 1 rings (SSSR count). The van der Waals surface area contributed by atoms with Gasteiger partial charge in [-0.05, 0) is 18.6 Å². The molecule has 0 amide bonds. The van der Waals surface area contributed by atoms with Crippen molar-refractivity contribution in [3.05, 3.63) is 29.6 Å². The average molecular weight is 277 g/mol. The number of halogens is 1. The normalized spacial score (nSPS) is 9.95. The maximum Gasteiger partial charge on any atom is 0.142 e. The van der Waals surface area contributed by atoms with Crippen molar-refractivity contribution >= 4 is 0 Å². The van der Waals surface area contributed by atoms with E-state index in [1.807, 2.05) is 0 Å². The maximum atomic E-state index is 13.7. The molecule has 0 saturated heterocycles. The van der Waals surface area contributed by atoms with Gasteiger partial charge in [0.2, 0.25) is 0 Å². The highest BCUT2D eigenvalue weighted by molar-refractivity contribution is 5.39. The Bertz CT molecular complexity index is 448. The van der Waals surface area contributed by atoms with Gasteiger partial charge >= 0.3 is 0 Å². The van der Waals surface area contributed by atoms with E-state index in [2.05, 4.69) is 18.8 Å². The number of rotatable bonds is 8. The highest BCUT2D eigenvalue weighted by Crippen LogP contribution is 2.16. The van der Waals surface area contributed by atoms with E-state index in [4.69, 9.17) is 10.5 Å². The minimum absolute atomic E-state index is 0.232. The van der Waals surface area contributed by atoms with Gasteiger partial charge in [-0.15, -0.1) is 0 Å². The molecule has 0 bridgehead atoms. The number of ether oxygens (including phenoxy) is 1. The fourth-order valence-corrected chi connectivity index (χ4v) is 1.91. The van der Waals surface area contributed by atoms with Crippen molar-refractivity contribution < 1.29 is 9.13 Å². The van der Waals surface area contributed by atoms with Crippen LogP contribution in [0.25, 0.3) is 0 Å². The summed E-state index contributed by atoms with van der Waals surface area (Å²) in [6, 6.07) is 4.77. The van der Waals surface area contributed by atoms with Crippen molar-refractivity contribution in [1.82, 2.24) is 0 Å². The summed E-state index contributed by atoms with van der Waals surface area (Å²) in [6.07, 6.45) is 7.29. The van der Waals surface area contributed by atoms with Crippen LogP contribution in [-0.2, 0) is 0 Å². The minimum atomic E-state index is -0.355. The Morgan fingerprint density at radius 1 is 1.15 bits per heavy atom. The summed E-state index contributed by atoms with van der Waals surface area (Å²) < 4.78 is 19.2. The summed E-state index contributed by atoms with van der Waals surface area (Å²) >= 11 is 0. The molecule has 0 aromatic heterocycles. The lowest BCUT2D eigenvalue weighted by Crippen LogP contribution is -1.98. The van der Waals surface area contributed by atoms with Crippen LogP contribution in [0.3, 0.4) is 0 Å². The van der Waals surface area contributed by atoms with Gasteiger partial charge in [-0.25, -0.2) is 4.39 Å². The number of benzene rings is 1. The second-order valence-electron chi connectivity index (χ2n) is 4.76. The molecule has 0 atom stereocenters. The largest absolute Gasteiger partial charge is 0.493 e. The molecule has 0 unspecified atom stereocenters. The number of hydrogen-bond donors (Lipinski definition) is 1. The maximum absolute atomic E-state index is 13.7. The third-order valence-corrected chi connectivity index (χ3v) is 3.03. The van der Waals surface area contributed by atoms with Gasteiger partial charge in [-0.2, -0.15) is 0 Å². The molecule has 0 spiro atoms. The Balaban J connectivity index is 2.29. The van der Waals surface area contributed by atoms with Crippen LogP contribution < -0.4 is 10.5 Å². The number of hydrogen-bond acceptors (Lipinski definition) is 2. The van der Waals surface area contributed by atoms with Gasteiger partial charge in [0.1, 0.15) is 11.6 Å². The van der Waals surface area contributed by atoms with Crippen LogP contribution in [0.1, 0.15) is 51.0 Å². The van der Waals surface area contributed by atoms with Crippen LogP contribution in [-0.4, -0.2) is 13.2 Å². The van der Waals surface area contributed by atoms with Crippen LogP contribution in [0, 0.1) is 17.7 Å². The SMILES string of the molecule is CCCCCCCCOc1ccc(C#CCN)c(F)c1. The highest BCUT2D eigenvalue weighted by Gasteiger charge is 2.02. The van der Waals surface area contributed by atoms with Gasteiger partial charge in [0.15, 0.2) is 0 Å². The third kappa shape index (κ3) is 6.58. The summed E-state index contributed by atoms with van der Waals surface area (Å²) in [7, 11) is 0. The first-order valence-corrected chi connectivity index (χ1v) is 7.39. The standard InChI is InChI=1S/C17H24FNO/c1-2-3-4-5-6-7-13-20-16-11-10-15(9-8-12-19)17(18)14-16/h10-11,14H,2-7,12-13,19H2,1H3. The van der Waals surface area contributed by atoms with E-state index in [9.17, 15) is 4.39 Å². The second kappa shape index (κ2) is 10.3. The molecule has 0 fully saturated rings. The van der Waals surface area contributed by atoms with E-state index in [0.29, 0.717) is 17.9 Å². The smallest absolute Gasteiger partial charge is 0.142 e. The molecule has 0 aliphatic heterocycles. The van der Waals surface area contributed by atoms with Crippen molar-refractivity contribution in [1.29, 1.82) is 0 Å². The quantitative estimate of drug-likeness (QED) is 0.578. The van der Waals surface area contributed by atoms with Gasteiger partial charge in [0.05, 0.1) is 18.7 Å². The summed E-state index contributed by atoms with van der Waals surface area (Å²) in [5.41, 5.74) is 5.62. The zero-order valence-electron chi connectivity index (χ0n) is 12.3. The Hall–Kier alpha value is -1.53. The second-order valence-corrected chi connectivity index (χ2v) is 4.76. The first-order chi connectivity index (χ1) is 9.77. The van der Waals surface area contributed by atoms with Crippen LogP contribution in [0.5, 0.6) is 5.75 Å². The summed E-state index contributed by atoms with van der Waals surface area (Å²) in [5, 5.41) is 0. The lowest BCUT2D eigenvalue weighted by Gasteiger charge is -2.06. The van der Waals surface area contributed by atoms with Crippen LogP contribution in [0.15, 0.2) is 18.2 Å². The van der Waals surface area contributed by atoms with Crippen molar-refractivity contribution in [2.24, 2.45) is 5.73 Å². The third-order valence-electron chi connectivity index (χ3n) is 3.03. The first kappa shape index (κ1) is 16.5. The Morgan fingerprint density at radius 3 is 2.60 bits per heavy atom. The van der Waals surface area contributed by atoms with Crippen molar-refractivity contribution in [3.63, 3.8) is 0 Å². The average Bonchev–Trinajstić information content (AvgIpc) is 2.45. The van der Waals surface area contributed by atoms with E-state index in [0.717, 1.165) is 6.42 Å². The molecule has 2 N–H and O–H groups in total. The Kier molecular flexibility index (Phi) is 8.49. The van der Waals surface area contributed by atoms with E-state index in [-0.39, 0.29) is 12.4 Å². The minimum Gasteiger partial charge on any atom is -0.493 e. The molecule has 20 heavy (non-hydrogen) atoms. The number of nitrogens with two attached hydrogens (primary N) is 1. The van der Waals surface area contributed by atoms with Crippen LogP contribution in [0.2, 0.25) is 0 Å². The van der Waals surface area contributed by atoms with E-state index >= 15 is 0 Å². The number of unbranched alkanes of at least 4 members (excludes halogenated alkanes) is 5. The first-order valence-electron chi connectivity index (χ1n) is 7.39. The molecule has 2 nitrogen and oxygen atoms in total. The fraction of sp³-hybridized carbons (Fsp3) is 0.529. The highest BCUT2D eigenvalue weighted by atomic mass is 19.1. The molecule has 1 aromatic carbocycles. The molecule has 0 radical (unpaired) electrons. The molecule has 3 heteroatoms. The van der Waals surface area contributed by atoms with Gasteiger partial charge in [-0.3, -0.25) is 0 Å². The lowest BCUT2D eigenvalue weighted by molar-refractivity contribution is 0.303. The fourth-order valence-electron chi connectivity index (χ4n) is 1.91. The van der Waals surface area contributed by atoms with Gasteiger partial charge in [0, 0.05) is 6.07 Å². The van der Waals surface area contributed by atoms with Crippen molar-refractivity contribution in [3.8, 4) is 17.6 Å². The molecular formula is C17H24FNO. The molecule has 0 aliphatic rings. The predicted molar refractivity (Wildman–Crippen MR) is 81.2 cm³/mol. The lowest BCUT2D eigenvalue weighted by atomic mass is 10.1. The van der Waals surface area contributed by atoms with E-state index in [1.165, 1.54) is 38.2 Å². The van der Waals surface area contributed by atoms with Crippen LogP contribution in [0.4, 0.5) is 4.39 Å². The molecule has 110 valence electrons. The molecular weight excluding hydrogens is 253 g/mol. The van der Waals surface area contributed by atoms with Gasteiger partial charge < -0.3 is 10.5 Å². The molecule has 0 heterocycles. The van der Waals surface area contributed by atoms with E-state index < -0.39 is 0 Å². The van der Waals surface area contributed by atoms with Crippen molar-refractivity contribution in [2.75, 3.05) is 13.2 Å². The topological polar surface area (TPSA) is 35.2 Å². The zero-order chi connectivity index (χ0) is 14.6. The van der Waals surface area contributed by atoms with E-state index in [1.54, 1.807) is 12.1 Å².